The molecule has 0 aliphatic heterocycles. The van der Waals surface area contributed by atoms with E-state index in [0.717, 1.165) is 16.0 Å². The lowest BCUT2D eigenvalue weighted by Crippen LogP contribution is -2.41. The molecule has 0 radical (unpaired) electrons. The molecule has 3 nitrogen and oxygen atoms in total. The van der Waals surface area contributed by atoms with Gasteiger partial charge in [0.05, 0.1) is 4.88 Å². The van der Waals surface area contributed by atoms with Crippen LogP contribution >= 0.6 is 11.3 Å². The van der Waals surface area contributed by atoms with Crippen molar-refractivity contribution in [3.63, 3.8) is 0 Å². The van der Waals surface area contributed by atoms with E-state index in [0.29, 0.717) is 12.5 Å². The standard InChI is InChI=1S/C16H18N2OS/c17-10-14(12-6-7-12)18-16(19)15-13(8-9-20-15)11-4-2-1-3-5-11/h1-5,8-9,12,14H,6-7,10,17H2,(H,18,19). The van der Waals surface area contributed by atoms with E-state index >= 15 is 0 Å². The monoisotopic (exact) mass is 286 g/mol. The topological polar surface area (TPSA) is 55.1 Å². The number of hydrogen-bond donors (Lipinski definition) is 2. The van der Waals surface area contributed by atoms with E-state index < -0.39 is 0 Å². The van der Waals surface area contributed by atoms with Crippen LogP contribution in [0.15, 0.2) is 41.8 Å². The van der Waals surface area contributed by atoms with Gasteiger partial charge in [-0.2, -0.15) is 0 Å². The summed E-state index contributed by atoms with van der Waals surface area (Å²) in [4.78, 5) is 13.2. The summed E-state index contributed by atoms with van der Waals surface area (Å²) in [7, 11) is 0. The molecule has 1 amide bonds. The average molecular weight is 286 g/mol. The van der Waals surface area contributed by atoms with Crippen molar-refractivity contribution in [3.8, 4) is 11.1 Å². The molecule has 1 aliphatic carbocycles. The molecule has 1 saturated carbocycles. The summed E-state index contributed by atoms with van der Waals surface area (Å²) in [6.07, 6.45) is 2.36. The summed E-state index contributed by atoms with van der Waals surface area (Å²) >= 11 is 1.48. The van der Waals surface area contributed by atoms with Crippen molar-refractivity contribution >= 4 is 17.2 Å². The maximum atomic E-state index is 12.4. The van der Waals surface area contributed by atoms with E-state index in [4.69, 9.17) is 5.73 Å². The van der Waals surface area contributed by atoms with Crippen LogP contribution in [-0.4, -0.2) is 18.5 Å². The Morgan fingerprint density at radius 2 is 2.05 bits per heavy atom. The molecular weight excluding hydrogens is 268 g/mol. The van der Waals surface area contributed by atoms with Crippen LogP contribution in [0, 0.1) is 5.92 Å². The average Bonchev–Trinajstić information content (AvgIpc) is 3.21. The van der Waals surface area contributed by atoms with Crippen molar-refractivity contribution in [2.75, 3.05) is 6.54 Å². The van der Waals surface area contributed by atoms with Gasteiger partial charge in [-0.3, -0.25) is 4.79 Å². The van der Waals surface area contributed by atoms with E-state index in [1.165, 1.54) is 24.2 Å². The first-order valence-electron chi connectivity index (χ1n) is 6.93. The Balaban J connectivity index is 1.80. The summed E-state index contributed by atoms with van der Waals surface area (Å²) in [6, 6.07) is 12.1. The van der Waals surface area contributed by atoms with E-state index in [-0.39, 0.29) is 11.9 Å². The molecule has 1 aromatic carbocycles. The van der Waals surface area contributed by atoms with Crippen molar-refractivity contribution in [1.82, 2.24) is 5.32 Å². The zero-order chi connectivity index (χ0) is 13.9. The van der Waals surface area contributed by atoms with Gasteiger partial charge in [0.1, 0.15) is 0 Å². The fourth-order valence-corrected chi connectivity index (χ4v) is 3.25. The van der Waals surface area contributed by atoms with Crippen LogP contribution in [0.2, 0.25) is 0 Å². The molecule has 4 heteroatoms. The Bertz CT molecular complexity index is 590. The summed E-state index contributed by atoms with van der Waals surface area (Å²) < 4.78 is 0. The SMILES string of the molecule is NCC(NC(=O)c1sccc1-c1ccccc1)C1CC1. The van der Waals surface area contributed by atoms with Gasteiger partial charge in [-0.25, -0.2) is 0 Å². The fourth-order valence-electron chi connectivity index (χ4n) is 2.43. The Morgan fingerprint density at radius 1 is 1.30 bits per heavy atom. The van der Waals surface area contributed by atoms with Crippen molar-refractivity contribution in [2.45, 2.75) is 18.9 Å². The van der Waals surface area contributed by atoms with E-state index in [9.17, 15) is 4.79 Å². The highest BCUT2D eigenvalue weighted by Gasteiger charge is 2.32. The summed E-state index contributed by atoms with van der Waals surface area (Å²) in [5.74, 6) is 0.574. The Labute approximate surface area is 122 Å². The van der Waals surface area contributed by atoms with E-state index in [1.54, 1.807) is 0 Å². The van der Waals surface area contributed by atoms with E-state index in [2.05, 4.69) is 5.32 Å². The zero-order valence-corrected chi connectivity index (χ0v) is 12.0. The minimum absolute atomic E-state index is 0.00111. The molecule has 2 aromatic rings. The number of hydrogen-bond acceptors (Lipinski definition) is 3. The molecule has 1 unspecified atom stereocenters. The van der Waals surface area contributed by atoms with Crippen LogP contribution in [0.3, 0.4) is 0 Å². The number of carbonyl (C=O) groups is 1. The second-order valence-electron chi connectivity index (χ2n) is 5.18. The van der Waals surface area contributed by atoms with Crippen LogP contribution < -0.4 is 11.1 Å². The van der Waals surface area contributed by atoms with Gasteiger partial charge in [-0.05, 0) is 35.8 Å². The lowest BCUT2D eigenvalue weighted by Gasteiger charge is -2.16. The van der Waals surface area contributed by atoms with Crippen molar-refractivity contribution < 1.29 is 4.79 Å². The van der Waals surface area contributed by atoms with Gasteiger partial charge < -0.3 is 11.1 Å². The van der Waals surface area contributed by atoms with Gasteiger partial charge >= 0.3 is 0 Å². The Morgan fingerprint density at radius 3 is 2.70 bits per heavy atom. The highest BCUT2D eigenvalue weighted by Crippen LogP contribution is 2.33. The predicted molar refractivity (Wildman–Crippen MR) is 82.8 cm³/mol. The van der Waals surface area contributed by atoms with Gasteiger partial charge in [0.2, 0.25) is 0 Å². The van der Waals surface area contributed by atoms with Crippen LogP contribution in [0.1, 0.15) is 22.5 Å². The highest BCUT2D eigenvalue weighted by atomic mass is 32.1. The first-order chi connectivity index (χ1) is 9.79. The van der Waals surface area contributed by atoms with Gasteiger partial charge in [0, 0.05) is 18.2 Å². The van der Waals surface area contributed by atoms with Gasteiger partial charge in [-0.1, -0.05) is 30.3 Å². The normalized spacial score (nSPS) is 15.8. The van der Waals surface area contributed by atoms with Crippen LogP contribution in [0.25, 0.3) is 11.1 Å². The number of thiophene rings is 1. The fraction of sp³-hybridized carbons (Fsp3) is 0.312. The molecule has 0 saturated heterocycles. The molecule has 1 atom stereocenters. The zero-order valence-electron chi connectivity index (χ0n) is 11.2. The van der Waals surface area contributed by atoms with Crippen LogP contribution in [0.5, 0.6) is 0 Å². The number of nitrogens with one attached hydrogen (secondary N) is 1. The highest BCUT2D eigenvalue weighted by molar-refractivity contribution is 7.12. The van der Waals surface area contributed by atoms with Gasteiger partial charge in [-0.15, -0.1) is 11.3 Å². The second-order valence-corrected chi connectivity index (χ2v) is 6.10. The second kappa shape index (κ2) is 5.77. The third-order valence-corrected chi connectivity index (χ3v) is 4.63. The maximum Gasteiger partial charge on any atom is 0.262 e. The Kier molecular flexibility index (Phi) is 3.85. The number of amides is 1. The Hall–Kier alpha value is -1.65. The first-order valence-corrected chi connectivity index (χ1v) is 7.81. The minimum Gasteiger partial charge on any atom is -0.347 e. The third-order valence-electron chi connectivity index (χ3n) is 3.72. The molecule has 1 heterocycles. The molecule has 104 valence electrons. The third kappa shape index (κ3) is 2.76. The lowest BCUT2D eigenvalue weighted by molar-refractivity contribution is 0.0938. The molecule has 0 bridgehead atoms. The molecule has 1 aliphatic rings. The number of nitrogens with two attached hydrogens (primary N) is 1. The quantitative estimate of drug-likeness (QED) is 0.888. The van der Waals surface area contributed by atoms with Crippen LogP contribution in [0.4, 0.5) is 0 Å². The molecule has 20 heavy (non-hydrogen) atoms. The lowest BCUT2D eigenvalue weighted by atomic mass is 10.1. The molecule has 0 spiro atoms. The van der Waals surface area contributed by atoms with Crippen LogP contribution in [-0.2, 0) is 0 Å². The molecule has 1 fully saturated rings. The molecular formula is C16H18N2OS. The first kappa shape index (κ1) is 13.3. The molecule has 3 N–H and O–H groups in total. The van der Waals surface area contributed by atoms with Crippen molar-refractivity contribution in [2.24, 2.45) is 11.7 Å². The van der Waals surface area contributed by atoms with Gasteiger partial charge in [0.15, 0.2) is 0 Å². The van der Waals surface area contributed by atoms with Crippen molar-refractivity contribution in [3.05, 3.63) is 46.7 Å². The number of benzene rings is 1. The summed E-state index contributed by atoms with van der Waals surface area (Å²) in [5.41, 5.74) is 7.83. The molecule has 3 rings (SSSR count). The van der Waals surface area contributed by atoms with E-state index in [1.807, 2.05) is 41.8 Å². The van der Waals surface area contributed by atoms with Crippen molar-refractivity contribution in [1.29, 1.82) is 0 Å². The largest absolute Gasteiger partial charge is 0.347 e. The molecule has 1 aromatic heterocycles. The van der Waals surface area contributed by atoms with Gasteiger partial charge in [0.25, 0.3) is 5.91 Å². The maximum absolute atomic E-state index is 12.4. The smallest absolute Gasteiger partial charge is 0.262 e. The summed E-state index contributed by atoms with van der Waals surface area (Å²) in [6.45, 7) is 0.516. The number of rotatable bonds is 5. The minimum atomic E-state index is 0.00111. The summed E-state index contributed by atoms with van der Waals surface area (Å²) in [5, 5.41) is 5.05. The predicted octanol–water partition coefficient (Wildman–Crippen LogP) is 2.88. The number of carbonyl (C=O) groups excluding carboxylic acids is 1.